The lowest BCUT2D eigenvalue weighted by molar-refractivity contribution is -0.133. The van der Waals surface area contributed by atoms with Gasteiger partial charge < -0.3 is 14.6 Å². The molecule has 156 valence electrons. The quantitative estimate of drug-likeness (QED) is 0.391. The summed E-state index contributed by atoms with van der Waals surface area (Å²) in [6.07, 6.45) is 1.56. The molecular formula is C25H22N2O3S. The van der Waals surface area contributed by atoms with Gasteiger partial charge in [0.05, 0.1) is 18.6 Å². The van der Waals surface area contributed by atoms with Gasteiger partial charge in [-0.3, -0.25) is 9.59 Å². The molecule has 0 saturated carbocycles. The predicted octanol–water partition coefficient (Wildman–Crippen LogP) is 5.19. The lowest BCUT2D eigenvalue weighted by Crippen LogP contribution is -2.38. The van der Waals surface area contributed by atoms with Crippen molar-refractivity contribution < 1.29 is 14.0 Å². The molecule has 0 spiro atoms. The van der Waals surface area contributed by atoms with Crippen molar-refractivity contribution >= 4 is 40.0 Å². The molecule has 6 heteroatoms. The van der Waals surface area contributed by atoms with Crippen LogP contribution in [0.25, 0.3) is 10.8 Å². The molecule has 0 aliphatic rings. The monoisotopic (exact) mass is 430 g/mol. The minimum atomic E-state index is -0.248. The number of nitrogens with zero attached hydrogens (tertiary/aromatic N) is 1. The summed E-state index contributed by atoms with van der Waals surface area (Å²) in [6, 6.07) is 27.0. The molecule has 2 amide bonds. The third kappa shape index (κ3) is 5.77. The average Bonchev–Trinajstić information content (AvgIpc) is 3.31. The summed E-state index contributed by atoms with van der Waals surface area (Å²) in [5, 5.41) is 5.13. The van der Waals surface area contributed by atoms with Crippen LogP contribution in [-0.2, 0) is 16.1 Å². The van der Waals surface area contributed by atoms with Gasteiger partial charge in [0.1, 0.15) is 12.3 Å². The Balaban J connectivity index is 1.42. The molecular weight excluding hydrogens is 408 g/mol. The minimum Gasteiger partial charge on any atom is -0.467 e. The Morgan fingerprint density at radius 3 is 2.42 bits per heavy atom. The molecule has 1 aromatic heterocycles. The Labute approximate surface area is 185 Å². The second kappa shape index (κ2) is 10.00. The van der Waals surface area contributed by atoms with E-state index in [1.807, 2.05) is 48.5 Å². The SMILES string of the molecule is O=C(CN(Cc1ccco1)C(=O)CSc1ccc2ccccc2c1)Nc1ccccc1. The van der Waals surface area contributed by atoms with Crippen LogP contribution in [0.3, 0.4) is 0 Å². The van der Waals surface area contributed by atoms with E-state index < -0.39 is 0 Å². The number of carbonyl (C=O) groups is 2. The minimum absolute atomic E-state index is 0.0489. The maximum absolute atomic E-state index is 13.0. The van der Waals surface area contributed by atoms with Crippen molar-refractivity contribution in [2.75, 3.05) is 17.6 Å². The highest BCUT2D eigenvalue weighted by atomic mass is 32.2. The van der Waals surface area contributed by atoms with Crippen LogP contribution in [0.15, 0.2) is 101 Å². The summed E-state index contributed by atoms with van der Waals surface area (Å²) in [5.74, 6) is 0.494. The fraction of sp³-hybridized carbons (Fsp3) is 0.120. The molecule has 31 heavy (non-hydrogen) atoms. The fourth-order valence-electron chi connectivity index (χ4n) is 3.21. The van der Waals surface area contributed by atoms with Gasteiger partial charge in [-0.1, -0.05) is 48.5 Å². The molecule has 5 nitrogen and oxygen atoms in total. The third-order valence-electron chi connectivity index (χ3n) is 4.75. The number of nitrogens with one attached hydrogen (secondary N) is 1. The van der Waals surface area contributed by atoms with E-state index in [-0.39, 0.29) is 30.7 Å². The first-order valence-corrected chi connectivity index (χ1v) is 10.9. The van der Waals surface area contributed by atoms with Gasteiger partial charge >= 0.3 is 0 Å². The molecule has 0 atom stereocenters. The zero-order chi connectivity index (χ0) is 21.5. The van der Waals surface area contributed by atoms with Crippen molar-refractivity contribution in [3.8, 4) is 0 Å². The molecule has 0 saturated heterocycles. The molecule has 0 unspecified atom stereocenters. The first-order chi connectivity index (χ1) is 15.2. The van der Waals surface area contributed by atoms with Crippen LogP contribution in [0, 0.1) is 0 Å². The van der Waals surface area contributed by atoms with E-state index in [1.165, 1.54) is 16.7 Å². The predicted molar refractivity (Wildman–Crippen MR) is 124 cm³/mol. The highest BCUT2D eigenvalue weighted by Gasteiger charge is 2.19. The Hall–Kier alpha value is -3.51. The number of thioether (sulfide) groups is 1. The van der Waals surface area contributed by atoms with Gasteiger partial charge in [0.15, 0.2) is 0 Å². The second-order valence-electron chi connectivity index (χ2n) is 7.04. The summed E-state index contributed by atoms with van der Waals surface area (Å²) in [7, 11) is 0. The first-order valence-electron chi connectivity index (χ1n) is 9.94. The summed E-state index contributed by atoms with van der Waals surface area (Å²) >= 11 is 1.46. The largest absolute Gasteiger partial charge is 0.467 e. The molecule has 0 fully saturated rings. The van der Waals surface area contributed by atoms with Gasteiger partial charge in [-0.2, -0.15) is 0 Å². The van der Waals surface area contributed by atoms with E-state index in [0.717, 1.165) is 15.7 Å². The van der Waals surface area contributed by atoms with Crippen molar-refractivity contribution in [2.45, 2.75) is 11.4 Å². The van der Waals surface area contributed by atoms with Crippen LogP contribution < -0.4 is 5.32 Å². The number of para-hydroxylation sites is 1. The van der Waals surface area contributed by atoms with Crippen molar-refractivity contribution in [3.63, 3.8) is 0 Å². The smallest absolute Gasteiger partial charge is 0.244 e. The fourth-order valence-corrected chi connectivity index (χ4v) is 4.06. The van der Waals surface area contributed by atoms with E-state index in [9.17, 15) is 9.59 Å². The van der Waals surface area contributed by atoms with Gasteiger partial charge in [0.2, 0.25) is 11.8 Å². The number of anilines is 1. The first kappa shape index (κ1) is 20.8. The van der Waals surface area contributed by atoms with Crippen LogP contribution >= 0.6 is 11.8 Å². The standard InChI is InChI=1S/C25H22N2O3S/c28-24(26-21-9-2-1-3-10-21)17-27(16-22-11-6-14-30-22)25(29)18-31-23-13-12-19-7-4-5-8-20(19)15-23/h1-15H,16-18H2,(H,26,28). The Morgan fingerprint density at radius 2 is 1.65 bits per heavy atom. The zero-order valence-corrected chi connectivity index (χ0v) is 17.7. The molecule has 4 rings (SSSR count). The topological polar surface area (TPSA) is 62.6 Å². The summed E-state index contributed by atoms with van der Waals surface area (Å²) in [5.41, 5.74) is 0.698. The normalized spacial score (nSPS) is 10.7. The van der Waals surface area contributed by atoms with Crippen molar-refractivity contribution in [2.24, 2.45) is 0 Å². The maximum atomic E-state index is 13.0. The zero-order valence-electron chi connectivity index (χ0n) is 16.9. The molecule has 1 N–H and O–H groups in total. The average molecular weight is 431 g/mol. The Morgan fingerprint density at radius 1 is 0.871 bits per heavy atom. The van der Waals surface area contributed by atoms with E-state index in [4.69, 9.17) is 4.42 Å². The van der Waals surface area contributed by atoms with Crippen LogP contribution in [0.5, 0.6) is 0 Å². The van der Waals surface area contributed by atoms with Crippen molar-refractivity contribution in [3.05, 3.63) is 97.0 Å². The Bertz CT molecular complexity index is 1160. The van der Waals surface area contributed by atoms with E-state index in [1.54, 1.807) is 18.4 Å². The lowest BCUT2D eigenvalue weighted by atomic mass is 10.1. The van der Waals surface area contributed by atoms with Gasteiger partial charge in [0, 0.05) is 10.6 Å². The van der Waals surface area contributed by atoms with E-state index >= 15 is 0 Å². The molecule has 1 heterocycles. The molecule has 0 aliphatic heterocycles. The van der Waals surface area contributed by atoms with Crippen molar-refractivity contribution in [1.29, 1.82) is 0 Å². The summed E-state index contributed by atoms with van der Waals surface area (Å²) in [4.78, 5) is 28.0. The number of rotatable bonds is 8. The van der Waals surface area contributed by atoms with Crippen LogP contribution in [0.1, 0.15) is 5.76 Å². The Kier molecular flexibility index (Phi) is 6.69. The molecule has 0 bridgehead atoms. The van der Waals surface area contributed by atoms with Crippen LogP contribution in [-0.4, -0.2) is 29.0 Å². The highest BCUT2D eigenvalue weighted by molar-refractivity contribution is 8.00. The molecule has 4 aromatic rings. The molecule has 3 aromatic carbocycles. The number of benzene rings is 3. The second-order valence-corrected chi connectivity index (χ2v) is 8.09. The number of amides is 2. The number of hydrogen-bond donors (Lipinski definition) is 1. The molecule has 0 aliphatic carbocycles. The summed E-state index contributed by atoms with van der Waals surface area (Å²) < 4.78 is 5.39. The van der Waals surface area contributed by atoms with Crippen LogP contribution in [0.4, 0.5) is 5.69 Å². The number of hydrogen-bond acceptors (Lipinski definition) is 4. The highest BCUT2D eigenvalue weighted by Crippen LogP contribution is 2.24. The van der Waals surface area contributed by atoms with Gasteiger partial charge in [-0.15, -0.1) is 11.8 Å². The maximum Gasteiger partial charge on any atom is 0.244 e. The lowest BCUT2D eigenvalue weighted by Gasteiger charge is -2.21. The van der Waals surface area contributed by atoms with Gasteiger partial charge in [0.25, 0.3) is 0 Å². The van der Waals surface area contributed by atoms with Gasteiger partial charge in [-0.05, 0) is 47.2 Å². The van der Waals surface area contributed by atoms with Crippen molar-refractivity contribution in [1.82, 2.24) is 4.90 Å². The number of carbonyl (C=O) groups excluding carboxylic acids is 2. The number of furan rings is 1. The third-order valence-corrected chi connectivity index (χ3v) is 5.73. The molecule has 0 radical (unpaired) electrons. The van der Waals surface area contributed by atoms with E-state index in [0.29, 0.717) is 11.4 Å². The van der Waals surface area contributed by atoms with Crippen LogP contribution in [0.2, 0.25) is 0 Å². The van der Waals surface area contributed by atoms with E-state index in [2.05, 4.69) is 29.6 Å². The summed E-state index contributed by atoms with van der Waals surface area (Å²) in [6.45, 7) is 0.193. The number of fused-ring (bicyclic) bond motifs is 1. The van der Waals surface area contributed by atoms with Gasteiger partial charge in [-0.25, -0.2) is 0 Å².